The minimum absolute atomic E-state index is 0.0438. The van der Waals surface area contributed by atoms with E-state index in [2.05, 4.69) is 15.3 Å². The summed E-state index contributed by atoms with van der Waals surface area (Å²) in [6.45, 7) is 1.81. The van der Waals surface area contributed by atoms with E-state index in [1.165, 1.54) is 24.3 Å². The maximum atomic E-state index is 12.2. The number of rotatable bonds is 3. The lowest BCUT2D eigenvalue weighted by Gasteiger charge is -2.11. The van der Waals surface area contributed by atoms with E-state index in [4.69, 9.17) is 9.15 Å². The van der Waals surface area contributed by atoms with Crippen LogP contribution in [-0.2, 0) is 4.74 Å². The van der Waals surface area contributed by atoms with E-state index in [0.29, 0.717) is 5.56 Å². The number of amides is 1. The van der Waals surface area contributed by atoms with Crippen molar-refractivity contribution in [3.8, 4) is 17.1 Å². The monoisotopic (exact) mass is 343 g/mol. The van der Waals surface area contributed by atoms with Gasteiger partial charge in [-0.05, 0) is 19.1 Å². The number of nitrogens with zero attached hydrogens (tertiary/aromatic N) is 1. The highest BCUT2D eigenvalue weighted by molar-refractivity contribution is 5.91. The average Bonchev–Trinajstić information content (AvgIpc) is 2.54. The summed E-state index contributed by atoms with van der Waals surface area (Å²) < 4.78 is 10.4. The normalized spacial score (nSPS) is 10.6. The van der Waals surface area contributed by atoms with Gasteiger partial charge in [-0.1, -0.05) is 0 Å². The van der Waals surface area contributed by atoms with Crippen molar-refractivity contribution in [3.05, 3.63) is 51.2 Å². The third-order valence-corrected chi connectivity index (χ3v) is 3.30. The molecule has 3 N–H and O–H groups in total. The fourth-order valence-corrected chi connectivity index (χ4v) is 2.23. The topological polar surface area (TPSA) is 135 Å². The number of carbonyl (C=O) groups is 1. The van der Waals surface area contributed by atoms with Crippen molar-refractivity contribution in [2.24, 2.45) is 0 Å². The van der Waals surface area contributed by atoms with E-state index in [0.717, 1.165) is 6.20 Å². The highest BCUT2D eigenvalue weighted by Gasteiger charge is 2.14. The molecule has 0 saturated carbocycles. The Balaban J connectivity index is 2.16. The first-order valence-corrected chi connectivity index (χ1v) is 7.28. The van der Waals surface area contributed by atoms with Gasteiger partial charge in [0, 0.05) is 23.9 Å². The molecule has 0 aliphatic carbocycles. The van der Waals surface area contributed by atoms with Gasteiger partial charge in [-0.3, -0.25) is 15.1 Å². The molecule has 0 aliphatic heterocycles. The predicted octanol–water partition coefficient (Wildman–Crippen LogP) is 1.82. The molecule has 3 aromatic rings. The Morgan fingerprint density at radius 1 is 1.36 bits per heavy atom. The third kappa shape index (κ3) is 3.34. The van der Waals surface area contributed by atoms with Crippen LogP contribution in [0.25, 0.3) is 22.4 Å². The van der Waals surface area contributed by atoms with Crippen LogP contribution in [0.5, 0.6) is 5.75 Å². The highest BCUT2D eigenvalue weighted by atomic mass is 16.5. The minimum atomic E-state index is -0.727. The fraction of sp³-hybridized carbons (Fsp3) is 0.125. The van der Waals surface area contributed by atoms with Crippen LogP contribution >= 0.6 is 0 Å². The molecule has 0 spiro atoms. The molecule has 128 valence electrons. The molecule has 0 radical (unpaired) electrons. The third-order valence-electron chi connectivity index (χ3n) is 3.30. The van der Waals surface area contributed by atoms with E-state index in [-0.39, 0.29) is 34.9 Å². The Morgan fingerprint density at radius 3 is 2.92 bits per heavy atom. The zero-order valence-electron chi connectivity index (χ0n) is 13.0. The number of aromatic hydroxyl groups is 1. The van der Waals surface area contributed by atoms with Gasteiger partial charge in [0.25, 0.3) is 0 Å². The Bertz CT molecular complexity index is 1070. The number of carbonyl (C=O) groups excluding carboxylic acids is 1. The summed E-state index contributed by atoms with van der Waals surface area (Å²) in [6, 6.07) is 5.31. The van der Waals surface area contributed by atoms with Crippen LogP contribution in [0, 0.1) is 0 Å². The fourth-order valence-electron chi connectivity index (χ4n) is 2.23. The molecule has 0 aliphatic rings. The molecule has 0 fully saturated rings. The molecule has 2 aromatic heterocycles. The van der Waals surface area contributed by atoms with E-state index in [1.54, 1.807) is 6.92 Å². The summed E-state index contributed by atoms with van der Waals surface area (Å²) in [5.74, 6) is -0.0116. The molecule has 2 heterocycles. The molecular formula is C16H13N3O6. The second kappa shape index (κ2) is 6.48. The smallest absolute Gasteiger partial charge is 0.411 e. The molecule has 1 aromatic carbocycles. The number of hydrogen-bond donors (Lipinski definition) is 3. The van der Waals surface area contributed by atoms with Crippen molar-refractivity contribution >= 4 is 22.9 Å². The van der Waals surface area contributed by atoms with E-state index in [9.17, 15) is 19.5 Å². The van der Waals surface area contributed by atoms with E-state index in [1.807, 2.05) is 0 Å². The summed E-state index contributed by atoms with van der Waals surface area (Å²) in [7, 11) is 0. The van der Waals surface area contributed by atoms with Crippen molar-refractivity contribution in [2.45, 2.75) is 6.92 Å². The lowest BCUT2D eigenvalue weighted by molar-refractivity contribution is 0.168. The molecule has 0 saturated heterocycles. The van der Waals surface area contributed by atoms with Crippen molar-refractivity contribution in [1.29, 1.82) is 0 Å². The van der Waals surface area contributed by atoms with Gasteiger partial charge < -0.3 is 14.3 Å². The second-order valence-electron chi connectivity index (χ2n) is 4.98. The first-order chi connectivity index (χ1) is 12.0. The van der Waals surface area contributed by atoms with Crippen LogP contribution in [0.3, 0.4) is 0 Å². The first kappa shape index (κ1) is 16.2. The summed E-state index contributed by atoms with van der Waals surface area (Å²) in [5, 5.41) is 12.2. The van der Waals surface area contributed by atoms with Gasteiger partial charge in [0.05, 0.1) is 12.3 Å². The highest BCUT2D eigenvalue weighted by Crippen LogP contribution is 2.31. The van der Waals surface area contributed by atoms with Crippen molar-refractivity contribution in [3.63, 3.8) is 0 Å². The lowest BCUT2D eigenvalue weighted by Crippen LogP contribution is -2.14. The molecule has 9 nitrogen and oxygen atoms in total. The zero-order valence-corrected chi connectivity index (χ0v) is 13.0. The minimum Gasteiger partial charge on any atom is -0.508 e. The van der Waals surface area contributed by atoms with Gasteiger partial charge in [-0.25, -0.2) is 14.6 Å². The number of phenols is 1. The van der Waals surface area contributed by atoms with Crippen LogP contribution in [0.1, 0.15) is 6.92 Å². The number of aromatic nitrogens is 2. The number of ether oxygens (including phenoxy) is 1. The predicted molar refractivity (Wildman–Crippen MR) is 88.6 cm³/mol. The molecule has 0 bridgehead atoms. The van der Waals surface area contributed by atoms with Crippen LogP contribution in [0.15, 0.2) is 44.5 Å². The summed E-state index contributed by atoms with van der Waals surface area (Å²) in [4.78, 5) is 41.0. The standard InChI is InChI=1S/C16H13N3O6/c1-2-24-16(23)18-11-5-8(20)3-4-9(11)13-6-12(21)10-7-17-15(22)19-14(10)25-13/h3-7,20H,2H2,1H3,(H,18,23)(H,17,19,22). The number of hydrogen-bond acceptors (Lipinski definition) is 7. The Labute approximate surface area is 139 Å². The number of H-pyrrole nitrogens is 1. The molecule has 0 atom stereocenters. The second-order valence-corrected chi connectivity index (χ2v) is 4.98. The molecule has 25 heavy (non-hydrogen) atoms. The molecule has 3 rings (SSSR count). The molecule has 9 heteroatoms. The van der Waals surface area contributed by atoms with Crippen molar-refractivity contribution < 1.29 is 19.1 Å². The van der Waals surface area contributed by atoms with Gasteiger partial charge in [-0.15, -0.1) is 0 Å². The number of nitrogens with one attached hydrogen (secondary N) is 2. The largest absolute Gasteiger partial charge is 0.508 e. The van der Waals surface area contributed by atoms with Crippen LogP contribution in [0.4, 0.5) is 10.5 Å². The zero-order chi connectivity index (χ0) is 18.0. The summed E-state index contributed by atoms with van der Waals surface area (Å²) in [5.41, 5.74) is -0.629. The van der Waals surface area contributed by atoms with E-state index >= 15 is 0 Å². The van der Waals surface area contributed by atoms with Gasteiger partial charge in [0.15, 0.2) is 5.43 Å². The number of anilines is 1. The number of fused-ring (bicyclic) bond motifs is 1. The number of benzene rings is 1. The quantitative estimate of drug-likeness (QED) is 0.660. The molecule has 1 amide bonds. The van der Waals surface area contributed by atoms with Crippen molar-refractivity contribution in [2.75, 3.05) is 11.9 Å². The first-order valence-electron chi connectivity index (χ1n) is 7.28. The maximum Gasteiger partial charge on any atom is 0.411 e. The number of phenolic OH excluding ortho intramolecular Hbond substituents is 1. The molecular weight excluding hydrogens is 330 g/mol. The Morgan fingerprint density at radius 2 is 2.16 bits per heavy atom. The van der Waals surface area contributed by atoms with Gasteiger partial charge in [-0.2, -0.15) is 0 Å². The summed E-state index contributed by atoms with van der Waals surface area (Å²) in [6.07, 6.45) is 0.397. The van der Waals surface area contributed by atoms with Gasteiger partial charge in [0.1, 0.15) is 16.9 Å². The SMILES string of the molecule is CCOC(=O)Nc1cc(O)ccc1-c1cc(=O)c2cnc(=O)[nH]c2o1. The Kier molecular flexibility index (Phi) is 4.21. The van der Waals surface area contributed by atoms with Crippen molar-refractivity contribution in [1.82, 2.24) is 9.97 Å². The van der Waals surface area contributed by atoms with Gasteiger partial charge in [0.2, 0.25) is 5.71 Å². The number of aromatic amines is 1. The maximum absolute atomic E-state index is 12.2. The molecule has 0 unspecified atom stereocenters. The van der Waals surface area contributed by atoms with Crippen LogP contribution in [-0.4, -0.2) is 27.8 Å². The summed E-state index contributed by atoms with van der Waals surface area (Å²) >= 11 is 0. The van der Waals surface area contributed by atoms with Crippen LogP contribution in [0.2, 0.25) is 0 Å². The lowest BCUT2D eigenvalue weighted by atomic mass is 10.1. The van der Waals surface area contributed by atoms with E-state index < -0.39 is 17.2 Å². The van der Waals surface area contributed by atoms with Crippen LogP contribution < -0.4 is 16.4 Å². The average molecular weight is 343 g/mol. The Hall–Kier alpha value is -3.62. The van der Waals surface area contributed by atoms with Gasteiger partial charge >= 0.3 is 11.8 Å².